The van der Waals surface area contributed by atoms with Crippen molar-refractivity contribution in [3.8, 4) is 0 Å². The van der Waals surface area contributed by atoms with E-state index in [2.05, 4.69) is 14.8 Å². The van der Waals surface area contributed by atoms with Gasteiger partial charge in [-0.1, -0.05) is 43.2 Å². The number of hydrogen-bond acceptors (Lipinski definition) is 3. The molecule has 1 aromatic carbocycles. The van der Waals surface area contributed by atoms with Crippen LogP contribution in [0.4, 0.5) is 4.39 Å². The summed E-state index contributed by atoms with van der Waals surface area (Å²) in [5.41, 5.74) is 1.11. The van der Waals surface area contributed by atoms with E-state index in [1.807, 2.05) is 19.1 Å². The van der Waals surface area contributed by atoms with Gasteiger partial charge in [0.15, 0.2) is 5.16 Å². The van der Waals surface area contributed by atoms with E-state index in [-0.39, 0.29) is 5.82 Å². The van der Waals surface area contributed by atoms with Crippen molar-refractivity contribution in [2.75, 3.05) is 0 Å². The first-order chi connectivity index (χ1) is 10.2. The topological polar surface area (TPSA) is 30.7 Å². The number of aromatic nitrogens is 3. The molecule has 0 radical (unpaired) electrons. The Morgan fingerprint density at radius 3 is 2.57 bits per heavy atom. The fourth-order valence-electron chi connectivity index (χ4n) is 2.94. The molecule has 0 unspecified atom stereocenters. The summed E-state index contributed by atoms with van der Waals surface area (Å²) in [4.78, 5) is 0. The van der Waals surface area contributed by atoms with E-state index < -0.39 is 0 Å². The first kappa shape index (κ1) is 14.6. The number of aryl methyl sites for hydroxylation is 1. The molecule has 112 valence electrons. The van der Waals surface area contributed by atoms with E-state index in [0.29, 0.717) is 6.04 Å². The highest BCUT2D eigenvalue weighted by atomic mass is 32.2. The Morgan fingerprint density at radius 1 is 1.14 bits per heavy atom. The smallest absolute Gasteiger partial charge is 0.191 e. The van der Waals surface area contributed by atoms with Crippen LogP contribution in [-0.4, -0.2) is 14.8 Å². The van der Waals surface area contributed by atoms with Crippen LogP contribution in [0.5, 0.6) is 0 Å². The molecule has 1 aliphatic rings. The number of halogens is 1. The van der Waals surface area contributed by atoms with Gasteiger partial charge in [0, 0.05) is 11.8 Å². The molecule has 0 spiro atoms. The summed E-state index contributed by atoms with van der Waals surface area (Å²) in [7, 11) is 0. The highest BCUT2D eigenvalue weighted by Crippen LogP contribution is 2.33. The second kappa shape index (κ2) is 6.60. The van der Waals surface area contributed by atoms with Gasteiger partial charge >= 0.3 is 0 Å². The number of benzene rings is 1. The molecule has 3 rings (SSSR count). The molecule has 1 saturated carbocycles. The molecule has 0 aliphatic heterocycles. The number of rotatable bonds is 4. The van der Waals surface area contributed by atoms with Crippen LogP contribution in [0, 0.1) is 12.7 Å². The van der Waals surface area contributed by atoms with Gasteiger partial charge in [-0.2, -0.15) is 0 Å². The summed E-state index contributed by atoms with van der Waals surface area (Å²) in [5.74, 6) is 1.61. The van der Waals surface area contributed by atoms with Gasteiger partial charge in [0.05, 0.1) is 0 Å². The van der Waals surface area contributed by atoms with Gasteiger partial charge in [0.25, 0.3) is 0 Å². The summed E-state index contributed by atoms with van der Waals surface area (Å²) in [6.45, 7) is 2.03. The molecule has 2 aromatic rings. The van der Waals surface area contributed by atoms with Gasteiger partial charge in [-0.25, -0.2) is 4.39 Å². The molecule has 0 N–H and O–H groups in total. The lowest BCUT2D eigenvalue weighted by Gasteiger charge is -2.25. The summed E-state index contributed by atoms with van der Waals surface area (Å²) in [5, 5.41) is 9.57. The maximum Gasteiger partial charge on any atom is 0.191 e. The number of nitrogens with zero attached hydrogens (tertiary/aromatic N) is 3. The molecular weight excluding hydrogens is 285 g/mol. The Kier molecular flexibility index (Phi) is 4.58. The highest BCUT2D eigenvalue weighted by molar-refractivity contribution is 7.98. The van der Waals surface area contributed by atoms with Crippen LogP contribution in [0.1, 0.15) is 49.5 Å². The molecule has 1 heterocycles. The summed E-state index contributed by atoms with van der Waals surface area (Å²) in [6.07, 6.45) is 6.39. The van der Waals surface area contributed by atoms with Crippen molar-refractivity contribution in [1.82, 2.24) is 14.8 Å². The minimum Gasteiger partial charge on any atom is -0.303 e. The average Bonchev–Trinajstić information content (AvgIpc) is 2.88. The molecular formula is C16H20FN3S. The fraction of sp³-hybridized carbons (Fsp3) is 0.500. The quantitative estimate of drug-likeness (QED) is 0.778. The zero-order valence-corrected chi connectivity index (χ0v) is 13.1. The van der Waals surface area contributed by atoms with E-state index in [1.54, 1.807) is 11.8 Å². The van der Waals surface area contributed by atoms with Crippen LogP contribution in [0.2, 0.25) is 0 Å². The van der Waals surface area contributed by atoms with Crippen molar-refractivity contribution in [1.29, 1.82) is 0 Å². The monoisotopic (exact) mass is 305 g/mol. The molecule has 21 heavy (non-hydrogen) atoms. The van der Waals surface area contributed by atoms with Gasteiger partial charge in [0.2, 0.25) is 0 Å². The standard InChI is InChI=1S/C16H20FN3S/c1-12-18-19-16(20(12)15-5-3-2-4-6-15)21-11-13-7-9-14(17)10-8-13/h7-10,15H,2-6,11H2,1H3. The van der Waals surface area contributed by atoms with Crippen molar-refractivity contribution in [3.05, 3.63) is 41.5 Å². The second-order valence-corrected chi connectivity index (χ2v) is 6.55. The Labute approximate surface area is 129 Å². The Bertz CT molecular complexity index is 588. The number of thioether (sulfide) groups is 1. The van der Waals surface area contributed by atoms with Crippen LogP contribution in [0.25, 0.3) is 0 Å². The third-order valence-electron chi connectivity index (χ3n) is 4.06. The maximum absolute atomic E-state index is 12.9. The Hall–Kier alpha value is -1.36. The largest absolute Gasteiger partial charge is 0.303 e. The van der Waals surface area contributed by atoms with Gasteiger partial charge < -0.3 is 4.57 Å². The average molecular weight is 305 g/mol. The van der Waals surface area contributed by atoms with Crippen LogP contribution < -0.4 is 0 Å². The lowest BCUT2D eigenvalue weighted by atomic mass is 9.95. The van der Waals surface area contributed by atoms with Crippen molar-refractivity contribution in [2.24, 2.45) is 0 Å². The molecule has 5 heteroatoms. The summed E-state index contributed by atoms with van der Waals surface area (Å²) in [6, 6.07) is 7.22. The molecule has 1 fully saturated rings. The predicted octanol–water partition coefficient (Wildman–Crippen LogP) is 4.52. The molecule has 1 aromatic heterocycles. The van der Waals surface area contributed by atoms with E-state index in [4.69, 9.17) is 0 Å². The van der Waals surface area contributed by atoms with Crippen molar-refractivity contribution in [2.45, 2.75) is 56.0 Å². The lowest BCUT2D eigenvalue weighted by molar-refractivity contribution is 0.332. The van der Waals surface area contributed by atoms with Gasteiger partial charge in [-0.3, -0.25) is 0 Å². The first-order valence-electron chi connectivity index (χ1n) is 7.53. The van der Waals surface area contributed by atoms with Crippen molar-refractivity contribution < 1.29 is 4.39 Å². The normalized spacial score (nSPS) is 16.3. The minimum atomic E-state index is -0.190. The minimum absolute atomic E-state index is 0.190. The molecule has 0 atom stereocenters. The number of hydrogen-bond donors (Lipinski definition) is 0. The van der Waals surface area contributed by atoms with Gasteiger partial charge in [-0.15, -0.1) is 10.2 Å². The highest BCUT2D eigenvalue weighted by Gasteiger charge is 2.21. The Balaban J connectivity index is 1.71. The van der Waals surface area contributed by atoms with E-state index in [9.17, 15) is 4.39 Å². The predicted molar refractivity (Wildman–Crippen MR) is 82.8 cm³/mol. The molecule has 1 aliphatic carbocycles. The summed E-state index contributed by atoms with van der Waals surface area (Å²) >= 11 is 1.69. The SMILES string of the molecule is Cc1nnc(SCc2ccc(F)cc2)n1C1CCCCC1. The fourth-order valence-corrected chi connectivity index (χ4v) is 3.94. The van der Waals surface area contributed by atoms with Crippen LogP contribution in [-0.2, 0) is 5.75 Å². The molecule has 3 nitrogen and oxygen atoms in total. The third-order valence-corrected chi connectivity index (χ3v) is 5.07. The van der Waals surface area contributed by atoms with Gasteiger partial charge in [0.1, 0.15) is 11.6 Å². The molecule has 0 bridgehead atoms. The molecule has 0 amide bonds. The van der Waals surface area contributed by atoms with Crippen LogP contribution >= 0.6 is 11.8 Å². The van der Waals surface area contributed by atoms with Crippen molar-refractivity contribution >= 4 is 11.8 Å². The Morgan fingerprint density at radius 2 is 1.86 bits per heavy atom. The second-order valence-electron chi connectivity index (χ2n) is 5.61. The van der Waals surface area contributed by atoms with Crippen LogP contribution in [0.3, 0.4) is 0 Å². The summed E-state index contributed by atoms with van der Waals surface area (Å²) < 4.78 is 15.2. The molecule has 0 saturated heterocycles. The van der Waals surface area contributed by atoms with Crippen molar-refractivity contribution in [3.63, 3.8) is 0 Å². The van der Waals surface area contributed by atoms with E-state index >= 15 is 0 Å². The lowest BCUT2D eigenvalue weighted by Crippen LogP contribution is -2.15. The van der Waals surface area contributed by atoms with Gasteiger partial charge in [-0.05, 0) is 37.5 Å². The zero-order chi connectivity index (χ0) is 14.7. The maximum atomic E-state index is 12.9. The van der Waals surface area contributed by atoms with Crippen LogP contribution in [0.15, 0.2) is 29.4 Å². The van der Waals surface area contributed by atoms with E-state index in [1.165, 1.54) is 44.2 Å². The zero-order valence-electron chi connectivity index (χ0n) is 12.3. The first-order valence-corrected chi connectivity index (χ1v) is 8.51. The third kappa shape index (κ3) is 3.46. The van der Waals surface area contributed by atoms with E-state index in [0.717, 1.165) is 22.3 Å².